The Kier molecular flexibility index (Phi) is 5.90. The Bertz CT molecular complexity index is 1200. The number of nitrogens with zero attached hydrogens (tertiary/aromatic N) is 2. The van der Waals surface area contributed by atoms with Crippen molar-refractivity contribution in [2.45, 2.75) is 32.4 Å². The SMILES string of the molecule is COC1=C(C)C(=O)C2=C(C[C@H]3C(=O)N(C(C)=O)CC(=O)N3[C@@H]2COC(=O)c2ccccc2)C1=O. The molecule has 2 aliphatic heterocycles. The molecule has 10 nitrogen and oxygen atoms in total. The summed E-state index contributed by atoms with van der Waals surface area (Å²) in [6, 6.07) is 5.76. The van der Waals surface area contributed by atoms with E-state index in [1.165, 1.54) is 14.0 Å². The average molecular weight is 466 g/mol. The van der Waals surface area contributed by atoms with Crippen molar-refractivity contribution < 1.29 is 38.2 Å². The van der Waals surface area contributed by atoms with Gasteiger partial charge in [0.25, 0.3) is 5.91 Å². The van der Waals surface area contributed by atoms with Crippen LogP contribution >= 0.6 is 0 Å². The number of carbonyl (C=O) groups excluding carboxylic acids is 6. The van der Waals surface area contributed by atoms with Crippen molar-refractivity contribution in [3.63, 3.8) is 0 Å². The van der Waals surface area contributed by atoms with Crippen LogP contribution < -0.4 is 0 Å². The molecule has 0 spiro atoms. The van der Waals surface area contributed by atoms with Crippen LogP contribution in [0.15, 0.2) is 52.8 Å². The summed E-state index contributed by atoms with van der Waals surface area (Å²) in [6.45, 7) is 1.65. The molecule has 0 aromatic heterocycles. The van der Waals surface area contributed by atoms with E-state index >= 15 is 0 Å². The van der Waals surface area contributed by atoms with Crippen molar-refractivity contribution in [3.05, 3.63) is 58.4 Å². The molecule has 3 aliphatic rings. The van der Waals surface area contributed by atoms with Gasteiger partial charge in [0.05, 0.1) is 18.7 Å². The number of imide groups is 1. The zero-order chi connectivity index (χ0) is 24.7. The maximum absolute atomic E-state index is 13.3. The van der Waals surface area contributed by atoms with Crippen LogP contribution in [0.1, 0.15) is 30.6 Å². The number of benzene rings is 1. The van der Waals surface area contributed by atoms with E-state index in [2.05, 4.69) is 0 Å². The maximum atomic E-state index is 13.3. The normalized spacial score (nSPS) is 22.6. The third-order valence-electron chi connectivity index (χ3n) is 6.23. The van der Waals surface area contributed by atoms with Gasteiger partial charge in [-0.05, 0) is 19.1 Å². The molecule has 10 heteroatoms. The molecule has 1 aromatic carbocycles. The summed E-state index contributed by atoms with van der Waals surface area (Å²) in [4.78, 5) is 79.0. The number of hydrogen-bond donors (Lipinski definition) is 0. The van der Waals surface area contributed by atoms with Crippen molar-refractivity contribution >= 4 is 35.3 Å². The molecule has 2 atom stereocenters. The summed E-state index contributed by atoms with van der Waals surface area (Å²) in [5, 5.41) is 0. The second-order valence-corrected chi connectivity index (χ2v) is 8.15. The topological polar surface area (TPSA) is 127 Å². The largest absolute Gasteiger partial charge is 0.492 e. The molecule has 0 bridgehead atoms. The van der Waals surface area contributed by atoms with Crippen molar-refractivity contribution in [2.24, 2.45) is 0 Å². The third kappa shape index (κ3) is 3.60. The summed E-state index contributed by atoms with van der Waals surface area (Å²) in [5.41, 5.74) is 0.334. The molecule has 176 valence electrons. The van der Waals surface area contributed by atoms with Crippen LogP contribution in [0, 0.1) is 0 Å². The molecule has 0 radical (unpaired) electrons. The summed E-state index contributed by atoms with van der Waals surface area (Å²) in [6.07, 6.45) is -0.252. The Morgan fingerprint density at radius 3 is 2.35 bits per heavy atom. The number of carbonyl (C=O) groups is 6. The van der Waals surface area contributed by atoms with Gasteiger partial charge in [0.2, 0.25) is 17.6 Å². The van der Waals surface area contributed by atoms with E-state index in [0.29, 0.717) is 0 Å². The second kappa shape index (κ2) is 8.69. The van der Waals surface area contributed by atoms with Crippen LogP contribution in [-0.4, -0.2) is 77.4 Å². The van der Waals surface area contributed by atoms with Gasteiger partial charge < -0.3 is 14.4 Å². The number of Topliss-reactive ketones (excluding diaryl/α,β-unsaturated/α-hetero) is 2. The van der Waals surface area contributed by atoms with Crippen LogP contribution in [0.5, 0.6) is 0 Å². The predicted molar refractivity (Wildman–Crippen MR) is 115 cm³/mol. The minimum absolute atomic E-state index is 0.00200. The Labute approximate surface area is 194 Å². The standard InChI is InChI=1S/C24H22N2O8/c1-12-20(29)19-15(21(30)22(12)33-3)9-16-23(31)25(13(2)27)10-18(28)26(16)17(19)11-34-24(32)14-7-5-4-6-8-14/h4-8,16-17H,9-11H2,1-3H3/t16-,17+/m0/s1. The number of piperazine rings is 1. The van der Waals surface area contributed by atoms with Crippen LogP contribution in [-0.2, 0) is 33.4 Å². The lowest BCUT2D eigenvalue weighted by Gasteiger charge is -2.47. The fraction of sp³-hybridized carbons (Fsp3) is 0.333. The summed E-state index contributed by atoms with van der Waals surface area (Å²) in [7, 11) is 1.26. The van der Waals surface area contributed by atoms with Crippen molar-refractivity contribution in [3.8, 4) is 0 Å². The smallest absolute Gasteiger partial charge is 0.338 e. The zero-order valence-corrected chi connectivity index (χ0v) is 18.8. The second-order valence-electron chi connectivity index (χ2n) is 8.15. The van der Waals surface area contributed by atoms with Gasteiger partial charge in [0, 0.05) is 30.1 Å². The van der Waals surface area contributed by atoms with E-state index in [0.717, 1.165) is 16.7 Å². The molecule has 1 fully saturated rings. The first-order valence-corrected chi connectivity index (χ1v) is 10.6. The molecule has 3 amide bonds. The number of esters is 1. The number of hydrogen-bond acceptors (Lipinski definition) is 8. The first-order chi connectivity index (χ1) is 16.2. The Hall–Kier alpha value is -4.08. The van der Waals surface area contributed by atoms with Crippen LogP contribution in [0.4, 0.5) is 0 Å². The van der Waals surface area contributed by atoms with Gasteiger partial charge in [-0.15, -0.1) is 0 Å². The highest BCUT2D eigenvalue weighted by Crippen LogP contribution is 2.39. The van der Waals surface area contributed by atoms with Crippen molar-refractivity contribution in [2.75, 3.05) is 20.3 Å². The number of fused-ring (bicyclic) bond motifs is 1. The van der Waals surface area contributed by atoms with Gasteiger partial charge >= 0.3 is 5.97 Å². The highest BCUT2D eigenvalue weighted by Gasteiger charge is 2.53. The zero-order valence-electron chi connectivity index (χ0n) is 18.8. The number of ketones is 2. The quantitative estimate of drug-likeness (QED) is 0.466. The van der Waals surface area contributed by atoms with E-state index in [-0.39, 0.29) is 34.5 Å². The van der Waals surface area contributed by atoms with E-state index in [1.807, 2.05) is 0 Å². The lowest BCUT2D eigenvalue weighted by molar-refractivity contribution is -0.164. The molecule has 0 saturated carbocycles. The molecular formula is C24H22N2O8. The highest BCUT2D eigenvalue weighted by atomic mass is 16.5. The monoisotopic (exact) mass is 466 g/mol. The number of ether oxygens (including phenoxy) is 2. The van der Waals surface area contributed by atoms with Gasteiger partial charge in [-0.3, -0.25) is 28.9 Å². The molecule has 0 unspecified atom stereocenters. The third-order valence-corrected chi connectivity index (χ3v) is 6.23. The van der Waals surface area contributed by atoms with Crippen molar-refractivity contribution in [1.82, 2.24) is 9.80 Å². The van der Waals surface area contributed by atoms with E-state index in [4.69, 9.17) is 9.47 Å². The van der Waals surface area contributed by atoms with Crippen molar-refractivity contribution in [1.29, 1.82) is 0 Å². The number of rotatable bonds is 4. The van der Waals surface area contributed by atoms with Crippen LogP contribution in [0.25, 0.3) is 0 Å². The van der Waals surface area contributed by atoms with Gasteiger partial charge in [-0.1, -0.05) is 18.2 Å². The molecule has 34 heavy (non-hydrogen) atoms. The molecule has 2 heterocycles. The molecule has 1 aliphatic carbocycles. The van der Waals surface area contributed by atoms with E-state index in [9.17, 15) is 28.8 Å². The fourth-order valence-corrected chi connectivity index (χ4v) is 4.59. The number of amides is 3. The lowest BCUT2D eigenvalue weighted by Crippen LogP contribution is -2.67. The Morgan fingerprint density at radius 1 is 1.06 bits per heavy atom. The predicted octanol–water partition coefficient (Wildman–Crippen LogP) is 0.570. The Balaban J connectivity index is 1.76. The summed E-state index contributed by atoms with van der Waals surface area (Å²) >= 11 is 0. The lowest BCUT2D eigenvalue weighted by atomic mass is 9.77. The summed E-state index contributed by atoms with van der Waals surface area (Å²) in [5.74, 6) is -3.80. The minimum Gasteiger partial charge on any atom is -0.492 e. The average Bonchev–Trinajstić information content (AvgIpc) is 2.83. The molecule has 0 N–H and O–H groups in total. The molecular weight excluding hydrogens is 444 g/mol. The summed E-state index contributed by atoms with van der Waals surface area (Å²) < 4.78 is 10.6. The van der Waals surface area contributed by atoms with Gasteiger partial charge in [-0.25, -0.2) is 4.79 Å². The molecule has 1 aromatic rings. The minimum atomic E-state index is -1.20. The van der Waals surface area contributed by atoms with Gasteiger partial charge in [0.15, 0.2) is 11.5 Å². The van der Waals surface area contributed by atoms with Gasteiger partial charge in [-0.2, -0.15) is 0 Å². The highest BCUT2D eigenvalue weighted by molar-refractivity contribution is 6.25. The number of methoxy groups -OCH3 is 1. The number of allylic oxidation sites excluding steroid dienone is 2. The maximum Gasteiger partial charge on any atom is 0.338 e. The van der Waals surface area contributed by atoms with E-state index < -0.39 is 60.5 Å². The van der Waals surface area contributed by atoms with E-state index in [1.54, 1.807) is 30.3 Å². The van der Waals surface area contributed by atoms with Gasteiger partial charge in [0.1, 0.15) is 19.2 Å². The van der Waals surface area contributed by atoms with Crippen LogP contribution in [0.3, 0.4) is 0 Å². The Morgan fingerprint density at radius 2 is 1.74 bits per heavy atom. The first-order valence-electron chi connectivity index (χ1n) is 10.6. The first kappa shape index (κ1) is 23.1. The molecule has 1 saturated heterocycles. The van der Waals surface area contributed by atoms with Crippen LogP contribution in [0.2, 0.25) is 0 Å². The fourth-order valence-electron chi connectivity index (χ4n) is 4.59. The molecule has 4 rings (SSSR count).